The standard InChI is InChI=1S/C19H21FN4O/c1-12(2)11-13(3)22-19(25)17-16-5-4-10-21-18(16)24(23-17)15-8-6-14(20)7-9-15/h4-10,12-13H,11H2,1-3H3,(H,22,25). The van der Waals surface area contributed by atoms with Crippen LogP contribution in [0.15, 0.2) is 42.6 Å². The normalized spacial score (nSPS) is 12.5. The summed E-state index contributed by atoms with van der Waals surface area (Å²) in [6, 6.07) is 9.58. The van der Waals surface area contributed by atoms with Crippen LogP contribution in [-0.4, -0.2) is 26.7 Å². The molecule has 1 amide bonds. The minimum absolute atomic E-state index is 0.0511. The van der Waals surface area contributed by atoms with Crippen LogP contribution in [0.3, 0.4) is 0 Å². The molecule has 5 nitrogen and oxygen atoms in total. The Balaban J connectivity index is 1.99. The molecule has 0 radical (unpaired) electrons. The summed E-state index contributed by atoms with van der Waals surface area (Å²) in [5, 5.41) is 8.10. The average molecular weight is 340 g/mol. The van der Waals surface area contributed by atoms with Gasteiger partial charge in [0.15, 0.2) is 11.3 Å². The van der Waals surface area contributed by atoms with E-state index in [0.29, 0.717) is 28.3 Å². The van der Waals surface area contributed by atoms with Crippen LogP contribution in [-0.2, 0) is 0 Å². The average Bonchev–Trinajstić information content (AvgIpc) is 2.94. The lowest BCUT2D eigenvalue weighted by Crippen LogP contribution is -2.33. The number of pyridine rings is 1. The number of hydrogen-bond acceptors (Lipinski definition) is 3. The van der Waals surface area contributed by atoms with Gasteiger partial charge < -0.3 is 5.32 Å². The van der Waals surface area contributed by atoms with E-state index in [1.165, 1.54) is 12.1 Å². The molecule has 25 heavy (non-hydrogen) atoms. The molecule has 2 aromatic heterocycles. The Morgan fingerprint density at radius 2 is 1.92 bits per heavy atom. The van der Waals surface area contributed by atoms with Gasteiger partial charge in [0.05, 0.1) is 11.1 Å². The summed E-state index contributed by atoms with van der Waals surface area (Å²) in [5.74, 6) is -0.0638. The summed E-state index contributed by atoms with van der Waals surface area (Å²) in [5.41, 5.74) is 1.54. The Morgan fingerprint density at radius 1 is 1.20 bits per heavy atom. The summed E-state index contributed by atoms with van der Waals surface area (Å²) < 4.78 is 14.8. The van der Waals surface area contributed by atoms with Gasteiger partial charge in [-0.1, -0.05) is 13.8 Å². The third-order valence-corrected chi connectivity index (χ3v) is 3.93. The van der Waals surface area contributed by atoms with Crippen molar-refractivity contribution in [3.8, 4) is 5.69 Å². The number of hydrogen-bond donors (Lipinski definition) is 1. The highest BCUT2D eigenvalue weighted by molar-refractivity contribution is 6.04. The molecule has 0 saturated heterocycles. The molecular formula is C19H21FN4O. The fourth-order valence-corrected chi connectivity index (χ4v) is 2.94. The van der Waals surface area contributed by atoms with Gasteiger partial charge in [0.2, 0.25) is 0 Å². The van der Waals surface area contributed by atoms with Gasteiger partial charge in [-0.15, -0.1) is 0 Å². The smallest absolute Gasteiger partial charge is 0.272 e. The van der Waals surface area contributed by atoms with Gasteiger partial charge in [-0.25, -0.2) is 14.1 Å². The predicted molar refractivity (Wildman–Crippen MR) is 95.2 cm³/mol. The monoisotopic (exact) mass is 340 g/mol. The van der Waals surface area contributed by atoms with Crippen LogP contribution in [0.2, 0.25) is 0 Å². The van der Waals surface area contributed by atoms with E-state index in [0.717, 1.165) is 6.42 Å². The van der Waals surface area contributed by atoms with E-state index < -0.39 is 0 Å². The molecule has 1 N–H and O–H groups in total. The van der Waals surface area contributed by atoms with E-state index in [1.807, 2.05) is 13.0 Å². The van der Waals surface area contributed by atoms with Gasteiger partial charge in [0.25, 0.3) is 5.91 Å². The van der Waals surface area contributed by atoms with Crippen molar-refractivity contribution in [1.29, 1.82) is 0 Å². The zero-order chi connectivity index (χ0) is 18.0. The molecule has 2 heterocycles. The third-order valence-electron chi connectivity index (χ3n) is 3.93. The van der Waals surface area contributed by atoms with Crippen LogP contribution in [0, 0.1) is 11.7 Å². The number of halogens is 1. The van der Waals surface area contributed by atoms with E-state index in [1.54, 1.807) is 29.1 Å². The second kappa shape index (κ2) is 7.01. The Bertz CT molecular complexity index is 886. The first kappa shape index (κ1) is 17.1. The Kier molecular flexibility index (Phi) is 4.79. The number of rotatable bonds is 5. The molecule has 0 fully saturated rings. The van der Waals surface area contributed by atoms with E-state index >= 15 is 0 Å². The zero-order valence-electron chi connectivity index (χ0n) is 14.5. The molecule has 1 atom stereocenters. The minimum Gasteiger partial charge on any atom is -0.348 e. The van der Waals surface area contributed by atoms with Crippen molar-refractivity contribution in [3.63, 3.8) is 0 Å². The lowest BCUT2D eigenvalue weighted by molar-refractivity contribution is 0.0932. The Labute approximate surface area is 145 Å². The number of nitrogens with one attached hydrogen (secondary N) is 1. The van der Waals surface area contributed by atoms with Crippen LogP contribution in [0.1, 0.15) is 37.7 Å². The van der Waals surface area contributed by atoms with E-state index in [2.05, 4.69) is 29.2 Å². The molecular weight excluding hydrogens is 319 g/mol. The second-order valence-electron chi connectivity index (χ2n) is 6.62. The van der Waals surface area contributed by atoms with Crippen molar-refractivity contribution in [1.82, 2.24) is 20.1 Å². The zero-order valence-corrected chi connectivity index (χ0v) is 14.5. The maximum absolute atomic E-state index is 13.2. The first-order chi connectivity index (χ1) is 12.0. The minimum atomic E-state index is -0.325. The van der Waals surface area contributed by atoms with E-state index in [9.17, 15) is 9.18 Å². The number of benzene rings is 1. The molecule has 1 aromatic carbocycles. The molecule has 0 aliphatic heterocycles. The fraction of sp³-hybridized carbons (Fsp3) is 0.316. The van der Waals surface area contributed by atoms with Crippen molar-refractivity contribution >= 4 is 16.9 Å². The Morgan fingerprint density at radius 3 is 2.60 bits per heavy atom. The molecule has 6 heteroatoms. The molecule has 3 rings (SSSR count). The first-order valence-corrected chi connectivity index (χ1v) is 8.36. The summed E-state index contributed by atoms with van der Waals surface area (Å²) in [4.78, 5) is 17.0. The van der Waals surface area contributed by atoms with Gasteiger partial charge >= 0.3 is 0 Å². The molecule has 0 saturated carbocycles. The molecule has 1 unspecified atom stereocenters. The highest BCUT2D eigenvalue weighted by atomic mass is 19.1. The van der Waals surface area contributed by atoms with Crippen molar-refractivity contribution in [2.75, 3.05) is 0 Å². The highest BCUT2D eigenvalue weighted by Gasteiger charge is 2.20. The van der Waals surface area contributed by atoms with Gasteiger partial charge in [-0.2, -0.15) is 5.10 Å². The first-order valence-electron chi connectivity index (χ1n) is 8.36. The maximum Gasteiger partial charge on any atom is 0.272 e. The fourth-order valence-electron chi connectivity index (χ4n) is 2.94. The number of carbonyl (C=O) groups is 1. The number of nitrogens with zero attached hydrogens (tertiary/aromatic N) is 3. The van der Waals surface area contributed by atoms with E-state index in [4.69, 9.17) is 0 Å². The van der Waals surface area contributed by atoms with Gasteiger partial charge in [-0.05, 0) is 55.7 Å². The van der Waals surface area contributed by atoms with Crippen molar-refractivity contribution in [2.45, 2.75) is 33.2 Å². The van der Waals surface area contributed by atoms with Gasteiger partial charge in [0, 0.05) is 12.2 Å². The number of aromatic nitrogens is 3. The number of fused-ring (bicyclic) bond motifs is 1. The lowest BCUT2D eigenvalue weighted by Gasteiger charge is -2.15. The largest absolute Gasteiger partial charge is 0.348 e. The van der Waals surface area contributed by atoms with Crippen molar-refractivity contribution < 1.29 is 9.18 Å². The topological polar surface area (TPSA) is 59.8 Å². The van der Waals surface area contributed by atoms with Crippen molar-refractivity contribution in [3.05, 3.63) is 54.1 Å². The van der Waals surface area contributed by atoms with Crippen molar-refractivity contribution in [2.24, 2.45) is 5.92 Å². The highest BCUT2D eigenvalue weighted by Crippen LogP contribution is 2.21. The summed E-state index contributed by atoms with van der Waals surface area (Å²) in [6.07, 6.45) is 2.54. The van der Waals surface area contributed by atoms with Gasteiger partial charge in [-0.3, -0.25) is 4.79 Å². The van der Waals surface area contributed by atoms with Crippen LogP contribution in [0.4, 0.5) is 4.39 Å². The second-order valence-corrected chi connectivity index (χ2v) is 6.62. The molecule has 130 valence electrons. The van der Waals surface area contributed by atoms with E-state index in [-0.39, 0.29) is 17.8 Å². The van der Waals surface area contributed by atoms with Crippen LogP contribution in [0.25, 0.3) is 16.7 Å². The summed E-state index contributed by atoms with van der Waals surface area (Å²) in [7, 11) is 0. The molecule has 0 aliphatic rings. The maximum atomic E-state index is 13.2. The summed E-state index contributed by atoms with van der Waals surface area (Å²) in [6.45, 7) is 6.21. The predicted octanol–water partition coefficient (Wildman–Crippen LogP) is 3.72. The quantitative estimate of drug-likeness (QED) is 0.770. The molecule has 0 aliphatic carbocycles. The summed E-state index contributed by atoms with van der Waals surface area (Å²) >= 11 is 0. The van der Waals surface area contributed by atoms with Crippen LogP contribution >= 0.6 is 0 Å². The van der Waals surface area contributed by atoms with Gasteiger partial charge in [0.1, 0.15) is 5.82 Å². The molecule has 0 spiro atoms. The van der Waals surface area contributed by atoms with Crippen LogP contribution in [0.5, 0.6) is 0 Å². The van der Waals surface area contributed by atoms with Crippen LogP contribution < -0.4 is 5.32 Å². The molecule has 3 aromatic rings. The number of carbonyl (C=O) groups excluding carboxylic acids is 1. The number of amides is 1. The third kappa shape index (κ3) is 3.68. The lowest BCUT2D eigenvalue weighted by atomic mass is 10.1. The Hall–Kier alpha value is -2.76. The molecule has 0 bridgehead atoms. The SMILES string of the molecule is CC(C)CC(C)NC(=O)c1nn(-c2ccc(F)cc2)c2ncccc12.